The molecule has 3 nitrogen and oxygen atoms in total. The Morgan fingerprint density at radius 2 is 2.13 bits per heavy atom. The quantitative estimate of drug-likeness (QED) is 0.756. The lowest BCUT2D eigenvalue weighted by atomic mass is 10.2. The summed E-state index contributed by atoms with van der Waals surface area (Å²) in [5.41, 5.74) is 0.326. The van der Waals surface area contributed by atoms with E-state index in [1.54, 1.807) is 18.2 Å². The van der Waals surface area contributed by atoms with Gasteiger partial charge in [-0.2, -0.15) is 0 Å². The third-order valence-corrected chi connectivity index (χ3v) is 3.23. The van der Waals surface area contributed by atoms with Crippen LogP contribution in [0.3, 0.4) is 0 Å². The number of aliphatic hydroxyl groups excluding tert-OH is 1. The van der Waals surface area contributed by atoms with Gasteiger partial charge in [0.2, 0.25) is 0 Å². The molecule has 1 aromatic rings. The zero-order valence-electron chi connectivity index (χ0n) is 8.51. The molecule has 0 spiro atoms. The molecule has 1 rings (SSSR count). The molecule has 1 aromatic carbocycles. The zero-order valence-corrected chi connectivity index (χ0v) is 9.33. The Kier molecular flexibility index (Phi) is 4.65. The summed E-state index contributed by atoms with van der Waals surface area (Å²) >= 11 is 1.48. The van der Waals surface area contributed by atoms with Gasteiger partial charge in [0.05, 0.1) is 5.56 Å². The van der Waals surface area contributed by atoms with Crippen molar-refractivity contribution in [2.75, 3.05) is 6.61 Å². The van der Waals surface area contributed by atoms with Crippen LogP contribution in [0.4, 0.5) is 0 Å². The fraction of sp³-hybridized carbons (Fsp3) is 0.364. The van der Waals surface area contributed by atoms with E-state index in [4.69, 9.17) is 10.2 Å². The molecule has 0 radical (unpaired) electrons. The summed E-state index contributed by atoms with van der Waals surface area (Å²) in [7, 11) is 0. The number of aliphatic hydroxyl groups is 1. The van der Waals surface area contributed by atoms with Crippen molar-refractivity contribution in [1.82, 2.24) is 0 Å². The molecular weight excluding hydrogens is 212 g/mol. The van der Waals surface area contributed by atoms with Crippen molar-refractivity contribution in [2.24, 2.45) is 0 Å². The van der Waals surface area contributed by atoms with Gasteiger partial charge in [-0.15, -0.1) is 11.8 Å². The largest absolute Gasteiger partial charge is 0.478 e. The van der Waals surface area contributed by atoms with Crippen molar-refractivity contribution in [2.45, 2.75) is 23.5 Å². The Bertz CT molecular complexity index is 338. The van der Waals surface area contributed by atoms with E-state index in [1.807, 2.05) is 13.0 Å². The Balaban J connectivity index is 2.79. The number of rotatable bonds is 5. The fourth-order valence-electron chi connectivity index (χ4n) is 1.20. The molecule has 0 aliphatic carbocycles. The second kappa shape index (κ2) is 5.78. The first-order valence-electron chi connectivity index (χ1n) is 4.75. The van der Waals surface area contributed by atoms with E-state index in [0.29, 0.717) is 12.0 Å². The van der Waals surface area contributed by atoms with Crippen molar-refractivity contribution in [3.8, 4) is 0 Å². The van der Waals surface area contributed by atoms with Gasteiger partial charge in [0.1, 0.15) is 0 Å². The zero-order chi connectivity index (χ0) is 11.3. The van der Waals surface area contributed by atoms with Gasteiger partial charge >= 0.3 is 5.97 Å². The molecular formula is C11H14O3S. The Labute approximate surface area is 93.1 Å². The van der Waals surface area contributed by atoms with Crippen LogP contribution in [-0.2, 0) is 0 Å². The van der Waals surface area contributed by atoms with Crippen molar-refractivity contribution in [3.05, 3.63) is 29.8 Å². The first-order valence-corrected chi connectivity index (χ1v) is 5.63. The van der Waals surface area contributed by atoms with Crippen LogP contribution < -0.4 is 0 Å². The lowest BCUT2D eigenvalue weighted by Gasteiger charge is -2.11. The standard InChI is InChI=1S/C11H14O3S/c1-8(6-7-12)15-10-5-3-2-4-9(10)11(13)14/h2-5,8,12H,6-7H2,1H3,(H,13,14). The Hall–Kier alpha value is -1.00. The van der Waals surface area contributed by atoms with Gasteiger partial charge in [0.25, 0.3) is 0 Å². The summed E-state index contributed by atoms with van der Waals surface area (Å²) in [4.78, 5) is 11.7. The van der Waals surface area contributed by atoms with E-state index < -0.39 is 5.97 Å². The van der Waals surface area contributed by atoms with Crippen LogP contribution >= 0.6 is 11.8 Å². The number of carboxylic acid groups (broad SMARTS) is 1. The van der Waals surface area contributed by atoms with Gasteiger partial charge in [-0.05, 0) is 18.6 Å². The van der Waals surface area contributed by atoms with Crippen LogP contribution in [0.15, 0.2) is 29.2 Å². The highest BCUT2D eigenvalue weighted by Crippen LogP contribution is 2.28. The smallest absolute Gasteiger partial charge is 0.336 e. The lowest BCUT2D eigenvalue weighted by Crippen LogP contribution is -2.03. The van der Waals surface area contributed by atoms with Crippen LogP contribution in [0, 0.1) is 0 Å². The van der Waals surface area contributed by atoms with E-state index in [2.05, 4.69) is 0 Å². The molecule has 4 heteroatoms. The van der Waals surface area contributed by atoms with Crippen molar-refractivity contribution in [3.63, 3.8) is 0 Å². The fourth-order valence-corrected chi connectivity index (χ4v) is 2.30. The van der Waals surface area contributed by atoms with Gasteiger partial charge in [-0.1, -0.05) is 19.1 Å². The molecule has 0 aliphatic rings. The van der Waals surface area contributed by atoms with Crippen LogP contribution in [0.5, 0.6) is 0 Å². The van der Waals surface area contributed by atoms with E-state index >= 15 is 0 Å². The number of aromatic carboxylic acids is 1. The summed E-state index contributed by atoms with van der Waals surface area (Å²) in [5.74, 6) is -0.908. The molecule has 15 heavy (non-hydrogen) atoms. The summed E-state index contributed by atoms with van der Waals surface area (Å²) < 4.78 is 0. The second-order valence-electron chi connectivity index (χ2n) is 3.24. The SMILES string of the molecule is CC(CCO)Sc1ccccc1C(=O)O. The van der Waals surface area contributed by atoms with Crippen molar-refractivity contribution >= 4 is 17.7 Å². The summed E-state index contributed by atoms with van der Waals surface area (Å²) in [6.07, 6.45) is 0.665. The van der Waals surface area contributed by atoms with E-state index in [-0.39, 0.29) is 11.9 Å². The normalized spacial score (nSPS) is 12.4. The molecule has 0 heterocycles. The minimum Gasteiger partial charge on any atom is -0.478 e. The molecule has 0 aliphatic heterocycles. The average molecular weight is 226 g/mol. The van der Waals surface area contributed by atoms with Crippen LogP contribution in [0.2, 0.25) is 0 Å². The minimum absolute atomic E-state index is 0.128. The molecule has 0 bridgehead atoms. The third kappa shape index (κ3) is 3.57. The molecule has 0 fully saturated rings. The minimum atomic E-state index is -0.908. The molecule has 0 saturated carbocycles. The monoisotopic (exact) mass is 226 g/mol. The van der Waals surface area contributed by atoms with Gasteiger partial charge < -0.3 is 10.2 Å². The predicted octanol–water partition coefficient (Wildman–Crippen LogP) is 2.25. The van der Waals surface area contributed by atoms with Crippen LogP contribution in [0.1, 0.15) is 23.7 Å². The number of hydrogen-bond acceptors (Lipinski definition) is 3. The first kappa shape index (κ1) is 12.1. The van der Waals surface area contributed by atoms with Gasteiger partial charge in [0, 0.05) is 16.8 Å². The second-order valence-corrected chi connectivity index (χ2v) is 4.72. The maximum absolute atomic E-state index is 10.9. The predicted molar refractivity (Wildman–Crippen MR) is 60.4 cm³/mol. The lowest BCUT2D eigenvalue weighted by molar-refractivity contribution is 0.0693. The van der Waals surface area contributed by atoms with Crippen molar-refractivity contribution < 1.29 is 15.0 Å². The maximum Gasteiger partial charge on any atom is 0.336 e. The van der Waals surface area contributed by atoms with Gasteiger partial charge in [-0.3, -0.25) is 0 Å². The number of thioether (sulfide) groups is 1. The molecule has 0 amide bonds. The molecule has 1 unspecified atom stereocenters. The number of hydrogen-bond donors (Lipinski definition) is 2. The van der Waals surface area contributed by atoms with E-state index in [1.165, 1.54) is 11.8 Å². The summed E-state index contributed by atoms with van der Waals surface area (Å²) in [5, 5.41) is 17.9. The van der Waals surface area contributed by atoms with Crippen molar-refractivity contribution in [1.29, 1.82) is 0 Å². The van der Waals surface area contributed by atoms with E-state index in [9.17, 15) is 4.79 Å². The Morgan fingerprint density at radius 1 is 1.47 bits per heavy atom. The molecule has 1 atom stereocenters. The number of carbonyl (C=O) groups is 1. The molecule has 0 saturated heterocycles. The summed E-state index contributed by atoms with van der Waals surface area (Å²) in [6, 6.07) is 6.92. The van der Waals surface area contributed by atoms with Crippen LogP contribution in [-0.4, -0.2) is 28.0 Å². The van der Waals surface area contributed by atoms with E-state index in [0.717, 1.165) is 4.90 Å². The first-order chi connectivity index (χ1) is 7.15. The molecule has 0 aromatic heterocycles. The molecule has 82 valence electrons. The molecule has 2 N–H and O–H groups in total. The van der Waals surface area contributed by atoms with Gasteiger partial charge in [0.15, 0.2) is 0 Å². The Morgan fingerprint density at radius 3 is 2.73 bits per heavy atom. The topological polar surface area (TPSA) is 57.5 Å². The average Bonchev–Trinajstić information content (AvgIpc) is 2.18. The maximum atomic E-state index is 10.9. The number of benzene rings is 1. The third-order valence-electron chi connectivity index (χ3n) is 1.98. The summed E-state index contributed by atoms with van der Waals surface area (Å²) in [6.45, 7) is 2.10. The highest BCUT2D eigenvalue weighted by atomic mass is 32.2. The highest BCUT2D eigenvalue weighted by Gasteiger charge is 2.12. The highest BCUT2D eigenvalue weighted by molar-refractivity contribution is 8.00. The van der Waals surface area contributed by atoms with Crippen LogP contribution in [0.25, 0.3) is 0 Å². The number of carboxylic acids is 1. The van der Waals surface area contributed by atoms with Gasteiger partial charge in [-0.25, -0.2) is 4.79 Å².